The van der Waals surface area contributed by atoms with Crippen LogP contribution in [0.2, 0.25) is 0 Å². The van der Waals surface area contributed by atoms with E-state index in [0.29, 0.717) is 17.5 Å². The molecule has 2 aromatic rings. The van der Waals surface area contributed by atoms with Crippen LogP contribution >= 0.6 is 15.9 Å². The van der Waals surface area contributed by atoms with E-state index in [1.165, 1.54) is 12.4 Å². The zero-order chi connectivity index (χ0) is 13.8. The molecule has 100 valence electrons. The molecule has 2 rings (SSSR count). The molecule has 0 aliphatic carbocycles. The highest BCUT2D eigenvalue weighted by molar-refractivity contribution is 9.10. The maximum atomic E-state index is 8.92. The lowest BCUT2D eigenvalue weighted by molar-refractivity contribution is 0.275. The fourth-order valence-corrected chi connectivity index (χ4v) is 2.03. The van der Waals surface area contributed by atoms with Crippen molar-refractivity contribution in [3.05, 3.63) is 46.3 Å². The number of nitrogens with zero attached hydrogens (tertiary/aromatic N) is 2. The van der Waals surface area contributed by atoms with Gasteiger partial charge >= 0.3 is 0 Å². The third kappa shape index (κ3) is 3.52. The Morgan fingerprint density at radius 2 is 2.05 bits per heavy atom. The van der Waals surface area contributed by atoms with Crippen LogP contribution in [0.5, 0.6) is 11.6 Å². The van der Waals surface area contributed by atoms with E-state index >= 15 is 0 Å². The van der Waals surface area contributed by atoms with Crippen molar-refractivity contribution in [2.45, 2.75) is 26.4 Å². The van der Waals surface area contributed by atoms with Crippen molar-refractivity contribution in [1.29, 1.82) is 0 Å². The molecule has 1 N–H and O–H groups in total. The molecule has 0 atom stereocenters. The number of ether oxygens (including phenoxy) is 1. The molecular weight excluding hydrogens is 308 g/mol. The van der Waals surface area contributed by atoms with Gasteiger partial charge in [-0.3, -0.25) is 4.98 Å². The van der Waals surface area contributed by atoms with Crippen LogP contribution in [0.3, 0.4) is 0 Å². The van der Waals surface area contributed by atoms with E-state index in [-0.39, 0.29) is 6.61 Å². The number of aliphatic hydroxyl groups excluding tert-OH is 1. The molecule has 1 aromatic heterocycles. The van der Waals surface area contributed by atoms with Gasteiger partial charge in [0.1, 0.15) is 5.75 Å². The average Bonchev–Trinajstić information content (AvgIpc) is 2.41. The Morgan fingerprint density at radius 3 is 2.63 bits per heavy atom. The van der Waals surface area contributed by atoms with Crippen molar-refractivity contribution >= 4 is 15.9 Å². The van der Waals surface area contributed by atoms with Gasteiger partial charge in [0.15, 0.2) is 0 Å². The highest BCUT2D eigenvalue weighted by Gasteiger charge is 2.10. The minimum atomic E-state index is -0.122. The summed E-state index contributed by atoms with van der Waals surface area (Å²) in [7, 11) is 0. The summed E-state index contributed by atoms with van der Waals surface area (Å²) in [5.41, 5.74) is 1.62. The average molecular weight is 323 g/mol. The second-order valence-corrected chi connectivity index (χ2v) is 5.36. The lowest BCUT2D eigenvalue weighted by Gasteiger charge is -2.13. The fourth-order valence-electron chi connectivity index (χ4n) is 1.65. The van der Waals surface area contributed by atoms with E-state index in [4.69, 9.17) is 9.84 Å². The summed E-state index contributed by atoms with van der Waals surface area (Å²) in [4.78, 5) is 8.15. The molecule has 0 spiro atoms. The molecule has 0 unspecified atom stereocenters. The summed E-state index contributed by atoms with van der Waals surface area (Å²) >= 11 is 3.46. The first kappa shape index (κ1) is 14.0. The minimum Gasteiger partial charge on any atom is -0.437 e. The van der Waals surface area contributed by atoms with Crippen LogP contribution in [-0.4, -0.2) is 15.1 Å². The maximum absolute atomic E-state index is 8.92. The number of hydrogen-bond donors (Lipinski definition) is 1. The molecule has 0 saturated carbocycles. The van der Waals surface area contributed by atoms with Crippen molar-refractivity contribution < 1.29 is 9.84 Å². The Hall–Kier alpha value is -1.46. The summed E-state index contributed by atoms with van der Waals surface area (Å²) in [5, 5.41) is 8.92. The predicted octanol–water partition coefficient (Wildman–Crippen LogP) is 3.65. The van der Waals surface area contributed by atoms with Gasteiger partial charge in [0.25, 0.3) is 0 Å². The molecule has 0 fully saturated rings. The van der Waals surface area contributed by atoms with Gasteiger partial charge in [0.05, 0.1) is 24.7 Å². The summed E-state index contributed by atoms with van der Waals surface area (Å²) < 4.78 is 6.77. The Balaban J connectivity index is 2.26. The number of aliphatic hydroxyl groups is 1. The van der Waals surface area contributed by atoms with Crippen LogP contribution in [0.4, 0.5) is 0 Å². The van der Waals surface area contributed by atoms with Gasteiger partial charge in [-0.1, -0.05) is 29.8 Å². The van der Waals surface area contributed by atoms with E-state index < -0.39 is 0 Å². The monoisotopic (exact) mass is 322 g/mol. The summed E-state index contributed by atoms with van der Waals surface area (Å²) in [5.74, 6) is 1.53. The van der Waals surface area contributed by atoms with Gasteiger partial charge in [0, 0.05) is 4.47 Å². The van der Waals surface area contributed by atoms with Gasteiger partial charge in [-0.15, -0.1) is 0 Å². The van der Waals surface area contributed by atoms with Gasteiger partial charge in [-0.05, 0) is 29.7 Å². The molecule has 4 nitrogen and oxygen atoms in total. The van der Waals surface area contributed by atoms with Gasteiger partial charge < -0.3 is 9.84 Å². The van der Waals surface area contributed by atoms with Gasteiger partial charge in [-0.25, -0.2) is 4.98 Å². The highest BCUT2D eigenvalue weighted by Crippen LogP contribution is 2.31. The van der Waals surface area contributed by atoms with Crippen molar-refractivity contribution in [1.82, 2.24) is 9.97 Å². The topological polar surface area (TPSA) is 55.2 Å². The fraction of sp³-hybridized carbons (Fsp3) is 0.286. The van der Waals surface area contributed by atoms with Crippen molar-refractivity contribution in [3.8, 4) is 11.6 Å². The molecular formula is C14H15BrN2O2. The van der Waals surface area contributed by atoms with Crippen molar-refractivity contribution in [2.24, 2.45) is 0 Å². The molecule has 0 aliphatic rings. The maximum Gasteiger partial charge on any atom is 0.237 e. The first-order valence-corrected chi connectivity index (χ1v) is 6.78. The SMILES string of the molecule is CC(C)c1cc(Br)ccc1Oc1cnc(CO)cn1. The Kier molecular flexibility index (Phi) is 4.50. The molecule has 0 aliphatic heterocycles. The number of halogens is 1. The Labute approximate surface area is 120 Å². The Bertz CT molecular complexity index is 556. The zero-order valence-corrected chi connectivity index (χ0v) is 12.4. The standard InChI is InChI=1S/C14H15BrN2O2/c1-9(2)12-5-10(15)3-4-13(12)19-14-7-16-11(8-18)6-17-14/h3-7,9,18H,8H2,1-2H3. The minimum absolute atomic E-state index is 0.122. The third-order valence-electron chi connectivity index (χ3n) is 2.65. The van der Waals surface area contributed by atoms with Crippen molar-refractivity contribution in [3.63, 3.8) is 0 Å². The van der Waals surface area contributed by atoms with E-state index in [9.17, 15) is 0 Å². The first-order valence-electron chi connectivity index (χ1n) is 5.99. The molecule has 0 radical (unpaired) electrons. The van der Waals surface area contributed by atoms with E-state index in [2.05, 4.69) is 39.7 Å². The van der Waals surface area contributed by atoms with E-state index in [0.717, 1.165) is 15.8 Å². The summed E-state index contributed by atoms with van der Waals surface area (Å²) in [6.07, 6.45) is 3.01. The lowest BCUT2D eigenvalue weighted by atomic mass is 10.0. The largest absolute Gasteiger partial charge is 0.437 e. The molecule has 1 aromatic carbocycles. The number of hydrogen-bond acceptors (Lipinski definition) is 4. The smallest absolute Gasteiger partial charge is 0.237 e. The predicted molar refractivity (Wildman–Crippen MR) is 76.3 cm³/mol. The molecule has 19 heavy (non-hydrogen) atoms. The Morgan fingerprint density at radius 1 is 1.26 bits per heavy atom. The van der Waals surface area contributed by atoms with E-state index in [1.54, 1.807) is 0 Å². The van der Waals surface area contributed by atoms with Gasteiger partial charge in [0.2, 0.25) is 5.88 Å². The van der Waals surface area contributed by atoms with Crippen molar-refractivity contribution in [2.75, 3.05) is 0 Å². The zero-order valence-electron chi connectivity index (χ0n) is 10.8. The molecule has 1 heterocycles. The second-order valence-electron chi connectivity index (χ2n) is 4.44. The number of rotatable bonds is 4. The van der Waals surface area contributed by atoms with Crippen LogP contribution < -0.4 is 4.74 Å². The van der Waals surface area contributed by atoms with Crippen LogP contribution in [0.15, 0.2) is 35.1 Å². The summed E-state index contributed by atoms with van der Waals surface area (Å²) in [6.45, 7) is 4.09. The summed E-state index contributed by atoms with van der Waals surface area (Å²) in [6, 6.07) is 5.87. The number of benzene rings is 1. The van der Waals surface area contributed by atoms with Gasteiger partial charge in [-0.2, -0.15) is 0 Å². The number of aromatic nitrogens is 2. The normalized spacial score (nSPS) is 10.8. The van der Waals surface area contributed by atoms with E-state index in [1.807, 2.05) is 18.2 Å². The van der Waals surface area contributed by atoms with Crippen LogP contribution in [0.25, 0.3) is 0 Å². The third-order valence-corrected chi connectivity index (χ3v) is 3.15. The molecule has 5 heteroatoms. The molecule has 0 saturated heterocycles. The van der Waals surface area contributed by atoms with Crippen LogP contribution in [-0.2, 0) is 6.61 Å². The lowest BCUT2D eigenvalue weighted by Crippen LogP contribution is -1.97. The second kappa shape index (κ2) is 6.12. The molecule has 0 bridgehead atoms. The first-order chi connectivity index (χ1) is 9.10. The van der Waals surface area contributed by atoms with Crippen LogP contribution in [0.1, 0.15) is 31.0 Å². The van der Waals surface area contributed by atoms with Crippen LogP contribution in [0, 0.1) is 0 Å². The highest BCUT2D eigenvalue weighted by atomic mass is 79.9. The quantitative estimate of drug-likeness (QED) is 0.933. The molecule has 0 amide bonds.